The van der Waals surface area contributed by atoms with Crippen LogP contribution in [-0.4, -0.2) is 26.4 Å². The van der Waals surface area contributed by atoms with Crippen molar-refractivity contribution in [3.63, 3.8) is 0 Å². The van der Waals surface area contributed by atoms with E-state index in [0.717, 1.165) is 23.7 Å². The van der Waals surface area contributed by atoms with Gasteiger partial charge in [-0.15, -0.1) is 0 Å². The molecule has 1 heterocycles. The summed E-state index contributed by atoms with van der Waals surface area (Å²) in [7, 11) is 1.64. The molecule has 1 fully saturated rings. The number of hydrogen-bond donors (Lipinski definition) is 0. The first kappa shape index (κ1) is 10.1. The molecule has 1 aliphatic heterocycles. The lowest BCUT2D eigenvalue weighted by Gasteiger charge is -2.09. The van der Waals surface area contributed by atoms with E-state index in [2.05, 4.69) is 6.58 Å². The van der Waals surface area contributed by atoms with E-state index in [0.29, 0.717) is 6.61 Å². The standard InChI is InChI=1S/C12H14O3/c1-3-9-4-5-10(13-2)6-12(9)15-8-11-7-14-11/h3-6,11H,1,7-8H2,2H3. The predicted octanol–water partition coefficient (Wildman–Crippen LogP) is 2.12. The molecule has 1 aromatic carbocycles. The molecule has 0 N–H and O–H groups in total. The minimum Gasteiger partial charge on any atom is -0.497 e. The zero-order valence-corrected chi connectivity index (χ0v) is 8.73. The highest BCUT2D eigenvalue weighted by molar-refractivity contribution is 5.57. The summed E-state index contributed by atoms with van der Waals surface area (Å²) in [6.07, 6.45) is 2.02. The van der Waals surface area contributed by atoms with E-state index in [4.69, 9.17) is 14.2 Å². The molecule has 1 atom stereocenters. The Labute approximate surface area is 89.3 Å². The highest BCUT2D eigenvalue weighted by Crippen LogP contribution is 2.26. The van der Waals surface area contributed by atoms with Crippen molar-refractivity contribution >= 4 is 6.08 Å². The van der Waals surface area contributed by atoms with Crippen LogP contribution in [0.4, 0.5) is 0 Å². The van der Waals surface area contributed by atoms with Gasteiger partial charge in [0.1, 0.15) is 24.2 Å². The Balaban J connectivity index is 2.12. The van der Waals surface area contributed by atoms with Crippen LogP contribution in [-0.2, 0) is 4.74 Å². The summed E-state index contributed by atoms with van der Waals surface area (Å²) in [5, 5.41) is 0. The van der Waals surface area contributed by atoms with Crippen LogP contribution < -0.4 is 9.47 Å². The van der Waals surface area contributed by atoms with Crippen LogP contribution >= 0.6 is 0 Å². The van der Waals surface area contributed by atoms with Crippen molar-refractivity contribution in [2.24, 2.45) is 0 Å². The minimum atomic E-state index is 0.258. The van der Waals surface area contributed by atoms with Gasteiger partial charge in [0, 0.05) is 11.6 Å². The smallest absolute Gasteiger partial charge is 0.130 e. The number of ether oxygens (including phenoxy) is 3. The molecule has 0 spiro atoms. The van der Waals surface area contributed by atoms with Gasteiger partial charge in [0.2, 0.25) is 0 Å². The van der Waals surface area contributed by atoms with E-state index in [1.807, 2.05) is 18.2 Å². The summed E-state index contributed by atoms with van der Waals surface area (Å²) in [5.41, 5.74) is 0.969. The van der Waals surface area contributed by atoms with Crippen LogP contribution in [0.3, 0.4) is 0 Å². The van der Waals surface area contributed by atoms with Crippen molar-refractivity contribution in [3.8, 4) is 11.5 Å². The number of hydrogen-bond acceptors (Lipinski definition) is 3. The molecule has 1 unspecified atom stereocenters. The Kier molecular flexibility index (Phi) is 2.92. The van der Waals surface area contributed by atoms with Gasteiger partial charge in [0.25, 0.3) is 0 Å². The molecule has 0 radical (unpaired) electrons. The Morgan fingerprint density at radius 1 is 1.60 bits per heavy atom. The number of rotatable bonds is 5. The molecule has 1 saturated heterocycles. The number of epoxide rings is 1. The minimum absolute atomic E-state index is 0.258. The zero-order chi connectivity index (χ0) is 10.7. The van der Waals surface area contributed by atoms with E-state index in [1.54, 1.807) is 13.2 Å². The molecule has 0 aromatic heterocycles. The number of methoxy groups -OCH3 is 1. The second-order valence-corrected chi connectivity index (χ2v) is 3.37. The summed E-state index contributed by atoms with van der Waals surface area (Å²) in [4.78, 5) is 0. The summed E-state index contributed by atoms with van der Waals surface area (Å²) in [6.45, 7) is 5.13. The van der Waals surface area contributed by atoms with Gasteiger partial charge in [-0.1, -0.05) is 12.7 Å². The van der Waals surface area contributed by atoms with Gasteiger partial charge in [0.15, 0.2) is 0 Å². The van der Waals surface area contributed by atoms with E-state index in [9.17, 15) is 0 Å². The summed E-state index contributed by atoms with van der Waals surface area (Å²) >= 11 is 0. The molecule has 0 saturated carbocycles. The van der Waals surface area contributed by atoms with Crippen molar-refractivity contribution in [2.75, 3.05) is 20.3 Å². The lowest BCUT2D eigenvalue weighted by molar-refractivity contribution is 0.261. The average molecular weight is 206 g/mol. The van der Waals surface area contributed by atoms with Crippen LogP contribution in [0.15, 0.2) is 24.8 Å². The van der Waals surface area contributed by atoms with Gasteiger partial charge < -0.3 is 14.2 Å². The third-order valence-corrected chi connectivity index (χ3v) is 2.27. The molecule has 1 aromatic rings. The largest absolute Gasteiger partial charge is 0.497 e. The Bertz CT molecular complexity index is 356. The van der Waals surface area contributed by atoms with Crippen molar-refractivity contribution < 1.29 is 14.2 Å². The van der Waals surface area contributed by atoms with Crippen molar-refractivity contribution in [1.82, 2.24) is 0 Å². The molecule has 0 aliphatic carbocycles. The van der Waals surface area contributed by atoms with Crippen molar-refractivity contribution in [1.29, 1.82) is 0 Å². The van der Waals surface area contributed by atoms with Crippen LogP contribution in [0.25, 0.3) is 6.08 Å². The lowest BCUT2D eigenvalue weighted by atomic mass is 10.2. The van der Waals surface area contributed by atoms with Crippen LogP contribution in [0.2, 0.25) is 0 Å². The van der Waals surface area contributed by atoms with Gasteiger partial charge in [0.05, 0.1) is 13.7 Å². The fraction of sp³-hybridized carbons (Fsp3) is 0.333. The van der Waals surface area contributed by atoms with Crippen LogP contribution in [0, 0.1) is 0 Å². The van der Waals surface area contributed by atoms with E-state index in [-0.39, 0.29) is 6.10 Å². The van der Waals surface area contributed by atoms with Gasteiger partial charge in [-0.05, 0) is 12.1 Å². The third kappa shape index (κ3) is 2.50. The second kappa shape index (κ2) is 4.36. The first-order valence-electron chi connectivity index (χ1n) is 4.88. The molecule has 3 heteroatoms. The van der Waals surface area contributed by atoms with Crippen LogP contribution in [0.1, 0.15) is 5.56 Å². The maximum atomic E-state index is 5.62. The summed E-state index contributed by atoms with van der Waals surface area (Å²) in [5.74, 6) is 1.58. The zero-order valence-electron chi connectivity index (χ0n) is 8.73. The Morgan fingerprint density at radius 2 is 2.40 bits per heavy atom. The quantitative estimate of drug-likeness (QED) is 0.691. The molecular formula is C12H14O3. The highest BCUT2D eigenvalue weighted by Gasteiger charge is 2.23. The van der Waals surface area contributed by atoms with Gasteiger partial charge in [-0.2, -0.15) is 0 Å². The monoisotopic (exact) mass is 206 g/mol. The van der Waals surface area contributed by atoms with Gasteiger partial charge >= 0.3 is 0 Å². The molecule has 0 amide bonds. The molecule has 80 valence electrons. The molecule has 2 rings (SSSR count). The maximum absolute atomic E-state index is 5.62. The Morgan fingerprint density at radius 3 is 3.00 bits per heavy atom. The average Bonchev–Trinajstić information content (AvgIpc) is 3.09. The first-order chi connectivity index (χ1) is 7.33. The summed E-state index contributed by atoms with van der Waals surface area (Å²) < 4.78 is 15.8. The molecule has 3 nitrogen and oxygen atoms in total. The topological polar surface area (TPSA) is 31.0 Å². The molecule has 1 aliphatic rings. The van der Waals surface area contributed by atoms with E-state index in [1.165, 1.54) is 0 Å². The SMILES string of the molecule is C=Cc1ccc(OC)cc1OCC1CO1. The van der Waals surface area contributed by atoms with Crippen LogP contribution in [0.5, 0.6) is 11.5 Å². The molecular weight excluding hydrogens is 192 g/mol. The second-order valence-electron chi connectivity index (χ2n) is 3.37. The molecule has 0 bridgehead atoms. The lowest BCUT2D eigenvalue weighted by Crippen LogP contribution is -2.05. The van der Waals surface area contributed by atoms with Crippen molar-refractivity contribution in [3.05, 3.63) is 30.3 Å². The highest BCUT2D eigenvalue weighted by atomic mass is 16.6. The first-order valence-corrected chi connectivity index (χ1v) is 4.88. The fourth-order valence-corrected chi connectivity index (χ4v) is 1.28. The third-order valence-electron chi connectivity index (χ3n) is 2.27. The van der Waals surface area contributed by atoms with Crippen molar-refractivity contribution in [2.45, 2.75) is 6.10 Å². The summed E-state index contributed by atoms with van der Waals surface area (Å²) in [6, 6.07) is 5.67. The van der Waals surface area contributed by atoms with E-state index >= 15 is 0 Å². The van der Waals surface area contributed by atoms with Gasteiger partial charge in [-0.25, -0.2) is 0 Å². The fourth-order valence-electron chi connectivity index (χ4n) is 1.28. The maximum Gasteiger partial charge on any atom is 0.130 e. The number of benzene rings is 1. The molecule has 15 heavy (non-hydrogen) atoms. The van der Waals surface area contributed by atoms with E-state index < -0.39 is 0 Å². The predicted molar refractivity (Wildman–Crippen MR) is 58.3 cm³/mol. The normalized spacial score (nSPS) is 18.3. The van der Waals surface area contributed by atoms with Gasteiger partial charge in [-0.3, -0.25) is 0 Å². The Hall–Kier alpha value is -1.48.